The zero-order valence-electron chi connectivity index (χ0n) is 28.8. The molecule has 0 spiro atoms. The molecule has 1 aliphatic rings. The summed E-state index contributed by atoms with van der Waals surface area (Å²) in [5.74, 6) is 0.124. The van der Waals surface area contributed by atoms with Crippen LogP contribution in [-0.2, 0) is 5.54 Å². The number of hydrogen-bond acceptors (Lipinski definition) is 2. The fraction of sp³-hybridized carbons (Fsp3) is 0.0400. The lowest BCUT2D eigenvalue weighted by molar-refractivity contribution is 0.663. The molecule has 52 heavy (non-hydrogen) atoms. The molecule has 2 heteroatoms. The van der Waals surface area contributed by atoms with E-state index < -0.39 is 5.54 Å². The summed E-state index contributed by atoms with van der Waals surface area (Å²) in [5.41, 5.74) is 7.63. The molecular weight excluding hydrogens is 629 g/mol. The maximum Gasteiger partial charge on any atom is 0.107 e. The summed E-state index contributed by atoms with van der Waals surface area (Å²) in [6.45, 7) is 0. The normalized spacial score (nSPS) is 16.6. The highest BCUT2D eigenvalue weighted by Gasteiger charge is 2.38. The average molecular weight is 667 g/mol. The summed E-state index contributed by atoms with van der Waals surface area (Å²) in [4.78, 5) is 4.86. The van der Waals surface area contributed by atoms with Crippen LogP contribution in [0.4, 0.5) is 28.4 Å². The quantitative estimate of drug-likeness (QED) is 0.149. The molecule has 9 rings (SSSR count). The van der Waals surface area contributed by atoms with E-state index in [4.69, 9.17) is 0 Å². The van der Waals surface area contributed by atoms with Gasteiger partial charge >= 0.3 is 0 Å². The topological polar surface area (TPSA) is 6.48 Å². The highest BCUT2D eigenvalue weighted by molar-refractivity contribution is 5.99. The maximum atomic E-state index is 2.50. The first-order valence-electron chi connectivity index (χ1n) is 18.0. The third-order valence-corrected chi connectivity index (χ3v) is 10.3. The van der Waals surface area contributed by atoms with Gasteiger partial charge in [0.15, 0.2) is 0 Å². The van der Waals surface area contributed by atoms with Crippen LogP contribution in [0.5, 0.6) is 0 Å². The lowest BCUT2D eigenvalue weighted by Crippen LogP contribution is -2.41. The summed E-state index contributed by atoms with van der Waals surface area (Å²) in [6, 6.07) is 71.8. The van der Waals surface area contributed by atoms with Crippen molar-refractivity contribution in [2.24, 2.45) is 0 Å². The molecule has 0 fully saturated rings. The summed E-state index contributed by atoms with van der Waals surface area (Å²) in [5, 5.41) is 4.89. The third-order valence-electron chi connectivity index (χ3n) is 10.3. The molecule has 8 aromatic carbocycles. The molecule has 0 unspecified atom stereocenters. The first kappa shape index (κ1) is 31.3. The molecule has 0 aliphatic heterocycles. The van der Waals surface area contributed by atoms with Crippen LogP contribution in [-0.4, -0.2) is 0 Å². The first-order valence-corrected chi connectivity index (χ1v) is 18.0. The second kappa shape index (κ2) is 13.6. The van der Waals surface area contributed by atoms with Gasteiger partial charge in [0, 0.05) is 33.8 Å². The smallest absolute Gasteiger partial charge is 0.107 e. The van der Waals surface area contributed by atoms with Crippen molar-refractivity contribution in [1.82, 2.24) is 0 Å². The summed E-state index contributed by atoms with van der Waals surface area (Å²) < 4.78 is 0. The minimum atomic E-state index is -0.554. The molecule has 8 aromatic rings. The Morgan fingerprint density at radius 1 is 0.365 bits per heavy atom. The maximum absolute atomic E-state index is 2.50. The van der Waals surface area contributed by atoms with E-state index in [0.717, 1.165) is 22.7 Å². The molecule has 0 heterocycles. The van der Waals surface area contributed by atoms with Gasteiger partial charge in [0.1, 0.15) is 5.54 Å². The van der Waals surface area contributed by atoms with Crippen molar-refractivity contribution in [2.75, 3.05) is 9.80 Å². The molecule has 1 aliphatic carbocycles. The molecule has 0 amide bonds. The third kappa shape index (κ3) is 5.65. The zero-order valence-corrected chi connectivity index (χ0v) is 28.8. The number of fused-ring (bicyclic) bond motifs is 2. The Hall–Kier alpha value is -6.64. The molecule has 0 saturated carbocycles. The van der Waals surface area contributed by atoms with Crippen LogP contribution in [0.15, 0.2) is 224 Å². The number of anilines is 5. The fourth-order valence-electron chi connectivity index (χ4n) is 7.80. The number of benzene rings is 8. The van der Waals surface area contributed by atoms with Crippen molar-refractivity contribution >= 4 is 50.0 Å². The second-order valence-electron chi connectivity index (χ2n) is 13.4. The van der Waals surface area contributed by atoms with Crippen molar-refractivity contribution in [1.29, 1.82) is 0 Å². The van der Waals surface area contributed by atoms with Crippen molar-refractivity contribution in [3.05, 3.63) is 236 Å². The van der Waals surface area contributed by atoms with E-state index in [0.29, 0.717) is 0 Å². The van der Waals surface area contributed by atoms with E-state index in [-0.39, 0.29) is 5.92 Å². The molecular formula is C50H38N2. The van der Waals surface area contributed by atoms with Gasteiger partial charge in [-0.25, -0.2) is 0 Å². The Kier molecular flexibility index (Phi) is 8.19. The van der Waals surface area contributed by atoms with Gasteiger partial charge in [-0.1, -0.05) is 176 Å². The second-order valence-corrected chi connectivity index (χ2v) is 13.4. The van der Waals surface area contributed by atoms with Crippen molar-refractivity contribution in [2.45, 2.75) is 11.5 Å². The average Bonchev–Trinajstić information content (AvgIpc) is 3.23. The molecule has 2 nitrogen and oxygen atoms in total. The standard InChI is InChI=1S/C50H38N2/c1-4-20-42(21-5-1)50(52(45-24-8-3-9-25-45)49-29-15-19-41-17-11-13-27-47(41)49)36-34-39(35-37-50)38-30-32-44(33-31-38)51(43-22-6-2-7-23-43)48-28-14-18-40-16-10-12-26-46(40)48/h1-37,39H. The van der Waals surface area contributed by atoms with Crippen LogP contribution in [0, 0.1) is 0 Å². The van der Waals surface area contributed by atoms with E-state index in [1.807, 2.05) is 0 Å². The van der Waals surface area contributed by atoms with E-state index in [1.165, 1.54) is 38.4 Å². The van der Waals surface area contributed by atoms with E-state index in [9.17, 15) is 0 Å². The molecule has 0 bridgehead atoms. The Balaban J connectivity index is 1.12. The van der Waals surface area contributed by atoms with Crippen LogP contribution in [0.1, 0.15) is 17.0 Å². The lowest BCUT2D eigenvalue weighted by atomic mass is 9.79. The number of para-hydroxylation sites is 2. The molecule has 248 valence electrons. The minimum absolute atomic E-state index is 0.124. The van der Waals surface area contributed by atoms with Crippen molar-refractivity contribution < 1.29 is 0 Å². The van der Waals surface area contributed by atoms with Gasteiger partial charge in [-0.3, -0.25) is 0 Å². The van der Waals surface area contributed by atoms with Gasteiger partial charge in [0.2, 0.25) is 0 Å². The van der Waals surface area contributed by atoms with Crippen LogP contribution in [0.3, 0.4) is 0 Å². The highest BCUT2D eigenvalue weighted by atomic mass is 15.2. The predicted molar refractivity (Wildman–Crippen MR) is 220 cm³/mol. The van der Waals surface area contributed by atoms with Crippen molar-refractivity contribution in [3.8, 4) is 0 Å². The molecule has 0 aromatic heterocycles. The van der Waals surface area contributed by atoms with Gasteiger partial charge in [0.05, 0.1) is 11.4 Å². The number of nitrogens with zero attached hydrogens (tertiary/aromatic N) is 2. The Bertz CT molecular complexity index is 2490. The van der Waals surface area contributed by atoms with Gasteiger partial charge in [-0.15, -0.1) is 0 Å². The monoisotopic (exact) mass is 666 g/mol. The van der Waals surface area contributed by atoms with E-state index in [1.54, 1.807) is 0 Å². The van der Waals surface area contributed by atoms with Crippen LogP contribution < -0.4 is 9.80 Å². The predicted octanol–water partition coefficient (Wildman–Crippen LogP) is 13.4. The van der Waals surface area contributed by atoms with Gasteiger partial charge in [-0.05, 0) is 70.4 Å². The van der Waals surface area contributed by atoms with Gasteiger partial charge < -0.3 is 9.80 Å². The van der Waals surface area contributed by atoms with E-state index >= 15 is 0 Å². The van der Waals surface area contributed by atoms with Crippen LogP contribution >= 0.6 is 0 Å². The molecule has 0 saturated heterocycles. The van der Waals surface area contributed by atoms with E-state index in [2.05, 4.69) is 234 Å². The Morgan fingerprint density at radius 2 is 0.827 bits per heavy atom. The number of hydrogen-bond donors (Lipinski definition) is 0. The zero-order chi connectivity index (χ0) is 34.7. The molecule has 0 radical (unpaired) electrons. The van der Waals surface area contributed by atoms with Crippen LogP contribution in [0.25, 0.3) is 21.5 Å². The summed E-state index contributed by atoms with van der Waals surface area (Å²) >= 11 is 0. The Labute approximate surface area is 305 Å². The first-order chi connectivity index (χ1) is 25.8. The SMILES string of the molecule is C1=CC(c2ccccc2)(N(c2ccccc2)c2cccc3ccccc23)C=CC1c1ccc(N(c2ccccc2)c2cccc3ccccc23)cc1. The van der Waals surface area contributed by atoms with Crippen molar-refractivity contribution in [3.63, 3.8) is 0 Å². The largest absolute Gasteiger partial charge is 0.324 e. The van der Waals surface area contributed by atoms with Gasteiger partial charge in [0.25, 0.3) is 0 Å². The van der Waals surface area contributed by atoms with Gasteiger partial charge in [-0.2, -0.15) is 0 Å². The number of allylic oxidation sites excluding steroid dienone is 2. The fourth-order valence-corrected chi connectivity index (χ4v) is 7.80. The Morgan fingerprint density at radius 3 is 1.44 bits per heavy atom. The lowest BCUT2D eigenvalue weighted by Gasteiger charge is -2.44. The number of rotatable bonds is 8. The summed E-state index contributed by atoms with van der Waals surface area (Å²) in [6.07, 6.45) is 9.57. The minimum Gasteiger partial charge on any atom is -0.324 e. The summed E-state index contributed by atoms with van der Waals surface area (Å²) in [7, 11) is 0. The van der Waals surface area contributed by atoms with Crippen LogP contribution in [0.2, 0.25) is 0 Å². The molecule has 0 atom stereocenters. The highest BCUT2D eigenvalue weighted by Crippen LogP contribution is 2.47. The molecule has 0 N–H and O–H groups in total.